The highest BCUT2D eigenvalue weighted by Crippen LogP contribution is 2.52. The van der Waals surface area contributed by atoms with Gasteiger partial charge in [0.05, 0.1) is 22.7 Å². The summed E-state index contributed by atoms with van der Waals surface area (Å²) in [5.74, 6) is 0. The van der Waals surface area contributed by atoms with Crippen LogP contribution in [0.2, 0.25) is 0 Å². The Morgan fingerprint density at radius 2 is 0.944 bits per heavy atom. The first kappa shape index (κ1) is 20.9. The van der Waals surface area contributed by atoms with Crippen molar-refractivity contribution in [2.75, 3.05) is 28.7 Å². The van der Waals surface area contributed by atoms with E-state index in [1.807, 2.05) is 0 Å². The Morgan fingerprint density at radius 3 is 1.61 bits per heavy atom. The molecular weight excluding hydrogens is 437 g/mol. The van der Waals surface area contributed by atoms with E-state index in [1.165, 1.54) is 56.2 Å². The maximum absolute atomic E-state index is 2.58. The zero-order valence-corrected chi connectivity index (χ0v) is 20.5. The molecule has 36 heavy (non-hydrogen) atoms. The molecule has 5 aromatic rings. The number of benzene rings is 5. The molecule has 0 radical (unpaired) electrons. The fourth-order valence-corrected chi connectivity index (χ4v) is 6.00. The largest absolute Gasteiger partial charge is 0.373 e. The molecule has 0 saturated heterocycles. The minimum absolute atomic E-state index is 0.0343. The number of hydrogen-bond acceptors (Lipinski definition) is 3. The average Bonchev–Trinajstić information content (AvgIpc) is 2.95. The van der Waals surface area contributed by atoms with E-state index in [9.17, 15) is 0 Å². The fraction of sp³-hybridized carbons (Fsp3) is 0.0625. The summed E-state index contributed by atoms with van der Waals surface area (Å²) in [6, 6.07) is 43.9. The van der Waals surface area contributed by atoms with Gasteiger partial charge >= 0.3 is 6.85 Å². The third-order valence-corrected chi connectivity index (χ3v) is 7.65. The minimum Gasteiger partial charge on any atom is -0.373 e. The quantitative estimate of drug-likeness (QED) is 0.278. The molecule has 172 valence electrons. The molecule has 5 aromatic carbocycles. The van der Waals surface area contributed by atoms with Crippen molar-refractivity contribution < 1.29 is 0 Å². The molecule has 7 rings (SSSR count). The minimum atomic E-state index is 0.0343. The van der Waals surface area contributed by atoms with Crippen molar-refractivity contribution >= 4 is 51.9 Å². The van der Waals surface area contributed by atoms with Gasteiger partial charge in [-0.2, -0.15) is 0 Å². The highest BCUT2D eigenvalue weighted by atomic mass is 15.2. The summed E-state index contributed by atoms with van der Waals surface area (Å²) in [6.45, 7) is 0.0343. The number of para-hydroxylation sites is 5. The van der Waals surface area contributed by atoms with Crippen LogP contribution in [0.3, 0.4) is 0 Å². The fourth-order valence-electron chi connectivity index (χ4n) is 6.00. The molecule has 0 amide bonds. The Labute approximate surface area is 213 Å². The molecule has 4 heteroatoms. The third-order valence-electron chi connectivity index (χ3n) is 7.65. The van der Waals surface area contributed by atoms with Crippen LogP contribution in [0.1, 0.15) is 0 Å². The Balaban J connectivity index is 1.58. The maximum atomic E-state index is 2.58. The van der Waals surface area contributed by atoms with Crippen LogP contribution in [0.25, 0.3) is 11.1 Å². The van der Waals surface area contributed by atoms with Gasteiger partial charge in [0.15, 0.2) is 0 Å². The van der Waals surface area contributed by atoms with E-state index in [4.69, 9.17) is 0 Å². The summed E-state index contributed by atoms with van der Waals surface area (Å²) in [5, 5.41) is 0. The molecule has 3 nitrogen and oxygen atoms in total. The van der Waals surface area contributed by atoms with Crippen molar-refractivity contribution in [3.63, 3.8) is 0 Å². The Kier molecular flexibility index (Phi) is 4.68. The molecule has 0 N–H and O–H groups in total. The molecule has 0 atom stereocenters. The lowest BCUT2D eigenvalue weighted by Crippen LogP contribution is -2.60. The normalized spacial score (nSPS) is 13.6. The molecule has 2 heterocycles. The van der Waals surface area contributed by atoms with E-state index >= 15 is 0 Å². The molecule has 0 bridgehead atoms. The van der Waals surface area contributed by atoms with Crippen molar-refractivity contribution in [1.29, 1.82) is 0 Å². The van der Waals surface area contributed by atoms with Crippen LogP contribution in [0.4, 0.5) is 34.1 Å². The van der Waals surface area contributed by atoms with Crippen molar-refractivity contribution in [2.24, 2.45) is 0 Å². The Hall–Kier alpha value is -4.44. The molecule has 0 fully saturated rings. The topological polar surface area (TPSA) is 9.72 Å². The SMILES string of the molecule is CN1c2ccccc2B(N2c3ccccc3N(C)c3cccc(-c4ccccc4)c32)c2ccccc21. The molecule has 0 saturated carbocycles. The van der Waals surface area contributed by atoms with Crippen LogP contribution >= 0.6 is 0 Å². The zero-order valence-electron chi connectivity index (χ0n) is 20.5. The first-order valence-corrected chi connectivity index (χ1v) is 12.5. The first-order valence-electron chi connectivity index (χ1n) is 12.5. The van der Waals surface area contributed by atoms with Gasteiger partial charge in [-0.05, 0) is 46.8 Å². The van der Waals surface area contributed by atoms with Gasteiger partial charge in [0.2, 0.25) is 0 Å². The van der Waals surface area contributed by atoms with E-state index in [0.717, 1.165) is 0 Å². The van der Waals surface area contributed by atoms with Crippen LogP contribution in [0.15, 0.2) is 121 Å². The summed E-state index contributed by atoms with van der Waals surface area (Å²) in [5.41, 5.74) is 12.5. The van der Waals surface area contributed by atoms with Crippen molar-refractivity contribution in [3.8, 4) is 11.1 Å². The zero-order chi connectivity index (χ0) is 24.2. The van der Waals surface area contributed by atoms with Crippen LogP contribution in [0.5, 0.6) is 0 Å². The van der Waals surface area contributed by atoms with Crippen LogP contribution in [-0.2, 0) is 0 Å². The predicted molar refractivity (Wildman–Crippen MR) is 154 cm³/mol. The summed E-state index contributed by atoms with van der Waals surface area (Å²) >= 11 is 0. The van der Waals surface area contributed by atoms with Crippen LogP contribution in [0, 0.1) is 0 Å². The lowest BCUT2D eigenvalue weighted by Gasteiger charge is -2.46. The van der Waals surface area contributed by atoms with Crippen molar-refractivity contribution in [2.45, 2.75) is 0 Å². The van der Waals surface area contributed by atoms with Gasteiger partial charge in [-0.3, -0.25) is 0 Å². The Bertz CT molecular complexity index is 1550. The Morgan fingerprint density at radius 1 is 0.444 bits per heavy atom. The highest BCUT2D eigenvalue weighted by Gasteiger charge is 2.42. The smallest absolute Gasteiger partial charge is 0.332 e. The van der Waals surface area contributed by atoms with Crippen molar-refractivity contribution in [1.82, 2.24) is 0 Å². The van der Waals surface area contributed by atoms with Gasteiger partial charge in [-0.25, -0.2) is 0 Å². The molecule has 0 aliphatic carbocycles. The number of fused-ring (bicyclic) bond motifs is 4. The number of hydrogen-bond donors (Lipinski definition) is 0. The number of rotatable bonds is 2. The standard InChI is InChI=1S/C32H26BN3/c1-34-27-18-8-6-16-25(27)33(26-17-7-9-19-28(26)34)36-30-21-11-10-20-29(30)35(2)31-22-12-15-24(32(31)36)23-13-4-3-5-14-23/h3-22H,1-2H3. The lowest BCUT2D eigenvalue weighted by atomic mass is 9.46. The second-order valence-corrected chi connectivity index (χ2v) is 9.54. The van der Waals surface area contributed by atoms with E-state index in [1.54, 1.807) is 0 Å². The lowest BCUT2D eigenvalue weighted by molar-refractivity contribution is 1.15. The van der Waals surface area contributed by atoms with E-state index in [-0.39, 0.29) is 6.85 Å². The maximum Gasteiger partial charge on any atom is 0.332 e. The highest BCUT2D eigenvalue weighted by molar-refractivity contribution is 6.92. The second-order valence-electron chi connectivity index (χ2n) is 9.54. The summed E-state index contributed by atoms with van der Waals surface area (Å²) in [7, 11) is 4.36. The average molecular weight is 463 g/mol. The predicted octanol–water partition coefficient (Wildman–Crippen LogP) is 6.46. The molecule has 2 aliphatic rings. The second kappa shape index (κ2) is 8.06. The molecular formula is C32H26BN3. The van der Waals surface area contributed by atoms with Gasteiger partial charge in [0.1, 0.15) is 0 Å². The summed E-state index contributed by atoms with van der Waals surface area (Å²) in [6.07, 6.45) is 0. The summed E-state index contributed by atoms with van der Waals surface area (Å²) in [4.78, 5) is 7.24. The summed E-state index contributed by atoms with van der Waals surface area (Å²) < 4.78 is 0. The molecule has 0 aromatic heterocycles. The van der Waals surface area contributed by atoms with Gasteiger partial charge in [-0.15, -0.1) is 0 Å². The van der Waals surface area contributed by atoms with E-state index in [0.29, 0.717) is 0 Å². The van der Waals surface area contributed by atoms with Crippen LogP contribution < -0.4 is 25.5 Å². The van der Waals surface area contributed by atoms with Gasteiger partial charge in [-0.1, -0.05) is 91.0 Å². The van der Waals surface area contributed by atoms with Crippen molar-refractivity contribution in [3.05, 3.63) is 121 Å². The van der Waals surface area contributed by atoms with E-state index in [2.05, 4.69) is 150 Å². The van der Waals surface area contributed by atoms with Gasteiger partial charge in [0.25, 0.3) is 0 Å². The van der Waals surface area contributed by atoms with Gasteiger partial charge in [0, 0.05) is 31.0 Å². The monoisotopic (exact) mass is 463 g/mol. The van der Waals surface area contributed by atoms with Crippen LogP contribution in [-0.4, -0.2) is 20.9 Å². The first-order chi connectivity index (χ1) is 17.7. The third kappa shape index (κ3) is 2.94. The van der Waals surface area contributed by atoms with Gasteiger partial charge < -0.3 is 14.6 Å². The number of nitrogens with zero attached hydrogens (tertiary/aromatic N) is 3. The molecule has 0 unspecified atom stereocenters. The molecule has 2 aliphatic heterocycles. The number of anilines is 6. The van der Waals surface area contributed by atoms with E-state index < -0.39 is 0 Å². The molecule has 0 spiro atoms.